The molecule has 1 aliphatic rings. The third-order valence-corrected chi connectivity index (χ3v) is 4.52. The Labute approximate surface area is 175 Å². The molecule has 0 unspecified atom stereocenters. The molecular formula is C18H19ClF3N5O3. The highest BCUT2D eigenvalue weighted by molar-refractivity contribution is 6.31. The van der Waals surface area contributed by atoms with Crippen LogP contribution in [-0.2, 0) is 4.74 Å². The number of nitrogens with one attached hydrogen (secondary N) is 1. The topological polar surface area (TPSA) is 89.5 Å². The molecule has 0 saturated carbocycles. The summed E-state index contributed by atoms with van der Waals surface area (Å²) in [5.41, 5.74) is 0.0205. The monoisotopic (exact) mass is 445 g/mol. The van der Waals surface area contributed by atoms with Crippen LogP contribution in [0, 0.1) is 0 Å². The highest BCUT2D eigenvalue weighted by atomic mass is 35.5. The van der Waals surface area contributed by atoms with Crippen molar-refractivity contribution in [2.45, 2.75) is 38.5 Å². The van der Waals surface area contributed by atoms with Gasteiger partial charge in [0.25, 0.3) is 0 Å². The van der Waals surface area contributed by atoms with Gasteiger partial charge in [0.2, 0.25) is 11.8 Å². The van der Waals surface area contributed by atoms with Crippen molar-refractivity contribution in [3.8, 4) is 5.88 Å². The number of rotatable bonds is 6. The lowest BCUT2D eigenvalue weighted by molar-refractivity contribution is -0.154. The van der Waals surface area contributed by atoms with Gasteiger partial charge >= 0.3 is 12.3 Å². The minimum Gasteiger partial charge on any atom is -0.467 e. The van der Waals surface area contributed by atoms with E-state index in [9.17, 15) is 18.0 Å². The SMILES string of the molecule is C[C@H](Nc1nccc(N2C(=O)OCC2(C)C)n1)c1cnc(OCC(F)(F)F)c(Cl)c1. The molecule has 1 fully saturated rings. The number of halogens is 4. The first-order chi connectivity index (χ1) is 14.0. The van der Waals surface area contributed by atoms with E-state index in [1.807, 2.05) is 13.8 Å². The smallest absolute Gasteiger partial charge is 0.422 e. The van der Waals surface area contributed by atoms with Crippen molar-refractivity contribution in [3.05, 3.63) is 35.1 Å². The summed E-state index contributed by atoms with van der Waals surface area (Å²) < 4.78 is 46.5. The zero-order valence-electron chi connectivity index (χ0n) is 16.3. The maximum Gasteiger partial charge on any atom is 0.422 e. The van der Waals surface area contributed by atoms with Gasteiger partial charge < -0.3 is 14.8 Å². The summed E-state index contributed by atoms with van der Waals surface area (Å²) in [6.07, 6.45) is -2.14. The van der Waals surface area contributed by atoms with E-state index in [4.69, 9.17) is 16.3 Å². The van der Waals surface area contributed by atoms with Gasteiger partial charge in [-0.2, -0.15) is 18.2 Å². The fourth-order valence-corrected chi connectivity index (χ4v) is 3.00. The molecule has 12 heteroatoms. The Kier molecular flexibility index (Phi) is 5.93. The molecule has 0 aliphatic carbocycles. The number of carbonyl (C=O) groups excluding carboxylic acids is 1. The first-order valence-corrected chi connectivity index (χ1v) is 9.26. The molecule has 3 rings (SSSR count). The van der Waals surface area contributed by atoms with Gasteiger partial charge in [-0.25, -0.2) is 14.8 Å². The van der Waals surface area contributed by atoms with Crippen LogP contribution in [-0.4, -0.2) is 46.0 Å². The molecular weight excluding hydrogens is 427 g/mol. The van der Waals surface area contributed by atoms with Gasteiger partial charge in [0.05, 0.1) is 11.6 Å². The zero-order valence-corrected chi connectivity index (χ0v) is 17.1. The maximum atomic E-state index is 12.3. The van der Waals surface area contributed by atoms with Crippen molar-refractivity contribution in [2.75, 3.05) is 23.4 Å². The quantitative estimate of drug-likeness (QED) is 0.705. The largest absolute Gasteiger partial charge is 0.467 e. The molecule has 30 heavy (non-hydrogen) atoms. The van der Waals surface area contributed by atoms with Gasteiger partial charge in [-0.3, -0.25) is 4.90 Å². The number of ether oxygens (including phenoxy) is 2. The van der Waals surface area contributed by atoms with Gasteiger partial charge in [0.15, 0.2) is 6.61 Å². The molecule has 1 saturated heterocycles. The summed E-state index contributed by atoms with van der Waals surface area (Å²) in [5, 5.41) is 2.99. The number of carbonyl (C=O) groups is 1. The number of hydrogen-bond acceptors (Lipinski definition) is 7. The molecule has 0 bridgehead atoms. The lowest BCUT2D eigenvalue weighted by atomic mass is 10.1. The Morgan fingerprint density at radius 2 is 2.13 bits per heavy atom. The minimum absolute atomic E-state index is 0.0540. The molecule has 1 N–H and O–H groups in total. The molecule has 162 valence electrons. The summed E-state index contributed by atoms with van der Waals surface area (Å²) in [6, 6.07) is 2.65. The number of amides is 1. The van der Waals surface area contributed by atoms with E-state index in [1.54, 1.807) is 13.0 Å². The van der Waals surface area contributed by atoms with Crippen LogP contribution in [0.1, 0.15) is 32.4 Å². The van der Waals surface area contributed by atoms with Gasteiger partial charge in [-0.15, -0.1) is 0 Å². The lowest BCUT2D eigenvalue weighted by Gasteiger charge is -2.27. The average Bonchev–Trinajstić information content (AvgIpc) is 2.92. The number of cyclic esters (lactones) is 1. The Morgan fingerprint density at radius 3 is 2.73 bits per heavy atom. The molecule has 0 radical (unpaired) electrons. The molecule has 8 nitrogen and oxygen atoms in total. The molecule has 2 aromatic rings. The number of nitrogens with zero attached hydrogens (tertiary/aromatic N) is 4. The second-order valence-electron chi connectivity index (χ2n) is 7.27. The first-order valence-electron chi connectivity index (χ1n) is 8.88. The van der Waals surface area contributed by atoms with E-state index in [2.05, 4.69) is 25.0 Å². The Hall–Kier alpha value is -2.82. The number of anilines is 2. The van der Waals surface area contributed by atoms with E-state index in [1.165, 1.54) is 23.4 Å². The van der Waals surface area contributed by atoms with E-state index < -0.39 is 24.4 Å². The second-order valence-corrected chi connectivity index (χ2v) is 7.67. The van der Waals surface area contributed by atoms with Gasteiger partial charge in [-0.05, 0) is 38.5 Å². The van der Waals surface area contributed by atoms with E-state index >= 15 is 0 Å². The molecule has 1 atom stereocenters. The van der Waals surface area contributed by atoms with Crippen LogP contribution in [0.25, 0.3) is 0 Å². The predicted molar refractivity (Wildman–Crippen MR) is 103 cm³/mol. The van der Waals surface area contributed by atoms with Crippen LogP contribution >= 0.6 is 11.6 Å². The van der Waals surface area contributed by atoms with Crippen molar-refractivity contribution in [2.24, 2.45) is 0 Å². The van der Waals surface area contributed by atoms with Crippen LogP contribution in [0.5, 0.6) is 5.88 Å². The maximum absolute atomic E-state index is 12.3. The molecule has 1 aliphatic heterocycles. The summed E-state index contributed by atoms with van der Waals surface area (Å²) in [5.74, 6) is 0.307. The molecule has 3 heterocycles. The summed E-state index contributed by atoms with van der Waals surface area (Å²) in [4.78, 5) is 25.8. The molecule has 0 aromatic carbocycles. The summed E-state index contributed by atoms with van der Waals surface area (Å²) in [7, 11) is 0. The van der Waals surface area contributed by atoms with Crippen LogP contribution < -0.4 is 15.0 Å². The Bertz CT molecular complexity index is 942. The number of pyridine rings is 1. The summed E-state index contributed by atoms with van der Waals surface area (Å²) >= 11 is 5.99. The van der Waals surface area contributed by atoms with Gasteiger partial charge in [-0.1, -0.05) is 11.6 Å². The molecule has 1 amide bonds. The van der Waals surface area contributed by atoms with Gasteiger partial charge in [0, 0.05) is 12.4 Å². The average molecular weight is 446 g/mol. The van der Waals surface area contributed by atoms with Crippen molar-refractivity contribution in [1.29, 1.82) is 0 Å². The lowest BCUT2D eigenvalue weighted by Crippen LogP contribution is -2.42. The van der Waals surface area contributed by atoms with Crippen molar-refractivity contribution < 1.29 is 27.4 Å². The second kappa shape index (κ2) is 8.13. The van der Waals surface area contributed by atoms with E-state index in [-0.39, 0.29) is 29.5 Å². The molecule has 0 spiro atoms. The first kappa shape index (κ1) is 21.9. The summed E-state index contributed by atoms with van der Waals surface area (Å²) in [6.45, 7) is 4.23. The number of alkyl halides is 3. The standard InChI is InChI=1S/C18H19ClF3N5O3/c1-10(11-6-12(19)14(24-7-11)29-9-18(20,21)22)25-15-23-5-4-13(26-15)27-16(28)30-8-17(27,2)3/h4-7,10H,8-9H2,1-3H3,(H,23,25,26)/t10-/m0/s1. The Morgan fingerprint density at radius 1 is 1.40 bits per heavy atom. The van der Waals surface area contributed by atoms with E-state index in [0.29, 0.717) is 11.4 Å². The molecule has 2 aromatic heterocycles. The predicted octanol–water partition coefficient (Wildman–Crippen LogP) is 4.37. The van der Waals surface area contributed by atoms with E-state index in [0.717, 1.165) is 0 Å². The van der Waals surface area contributed by atoms with Crippen LogP contribution in [0.3, 0.4) is 0 Å². The highest BCUT2D eigenvalue weighted by Crippen LogP contribution is 2.31. The third kappa shape index (κ3) is 5.02. The van der Waals surface area contributed by atoms with Crippen LogP contribution in [0.15, 0.2) is 24.5 Å². The fourth-order valence-electron chi connectivity index (χ4n) is 2.77. The normalized spacial score (nSPS) is 16.9. The number of aromatic nitrogens is 3. The minimum atomic E-state index is -4.49. The van der Waals surface area contributed by atoms with Crippen molar-refractivity contribution in [3.63, 3.8) is 0 Å². The van der Waals surface area contributed by atoms with Crippen LogP contribution in [0.2, 0.25) is 5.02 Å². The highest BCUT2D eigenvalue weighted by Gasteiger charge is 2.41. The zero-order chi connectivity index (χ0) is 22.1. The van der Waals surface area contributed by atoms with Gasteiger partial charge in [0.1, 0.15) is 17.4 Å². The Balaban J connectivity index is 1.73. The van der Waals surface area contributed by atoms with Crippen molar-refractivity contribution >= 4 is 29.5 Å². The van der Waals surface area contributed by atoms with Crippen molar-refractivity contribution in [1.82, 2.24) is 15.0 Å². The number of hydrogen-bond donors (Lipinski definition) is 1. The fraction of sp³-hybridized carbons (Fsp3) is 0.444. The third-order valence-electron chi connectivity index (χ3n) is 4.25. The van der Waals surface area contributed by atoms with Crippen LogP contribution in [0.4, 0.5) is 29.7 Å².